The van der Waals surface area contributed by atoms with Crippen LogP contribution in [0.4, 0.5) is 0 Å². The van der Waals surface area contributed by atoms with E-state index in [0.29, 0.717) is 12.0 Å². The van der Waals surface area contributed by atoms with Crippen LogP contribution in [0.3, 0.4) is 0 Å². The molecule has 0 atom stereocenters. The number of piperidine rings is 1. The summed E-state index contributed by atoms with van der Waals surface area (Å²) in [6, 6.07) is 19.5. The molecule has 162 valence electrons. The van der Waals surface area contributed by atoms with Gasteiger partial charge < -0.3 is 9.64 Å². The SMILES string of the molecule is COC(=O)CCC1(c2ccc(-c3cccc(C#N)c3)cc2)CCN(C2CCCC2)CC1. The van der Waals surface area contributed by atoms with Gasteiger partial charge in [-0.2, -0.15) is 5.26 Å². The Morgan fingerprint density at radius 2 is 1.81 bits per heavy atom. The van der Waals surface area contributed by atoms with Crippen molar-refractivity contribution >= 4 is 5.97 Å². The molecule has 1 heterocycles. The van der Waals surface area contributed by atoms with Crippen molar-refractivity contribution in [3.63, 3.8) is 0 Å². The molecule has 2 aliphatic rings. The van der Waals surface area contributed by atoms with Gasteiger partial charge in [0, 0.05) is 12.5 Å². The molecule has 1 aliphatic carbocycles. The fraction of sp³-hybridized carbons (Fsp3) is 0.481. The molecule has 0 amide bonds. The van der Waals surface area contributed by atoms with E-state index >= 15 is 0 Å². The Balaban J connectivity index is 1.55. The quantitative estimate of drug-likeness (QED) is 0.587. The highest BCUT2D eigenvalue weighted by Gasteiger charge is 2.38. The second kappa shape index (κ2) is 9.66. The number of esters is 1. The fourth-order valence-corrected chi connectivity index (χ4v) is 5.50. The van der Waals surface area contributed by atoms with Gasteiger partial charge in [0.2, 0.25) is 0 Å². The number of rotatable bonds is 6. The van der Waals surface area contributed by atoms with Crippen LogP contribution in [0.2, 0.25) is 0 Å². The van der Waals surface area contributed by atoms with Gasteiger partial charge in [0.15, 0.2) is 0 Å². The highest BCUT2D eigenvalue weighted by atomic mass is 16.5. The van der Waals surface area contributed by atoms with Crippen molar-refractivity contribution in [3.05, 3.63) is 59.7 Å². The van der Waals surface area contributed by atoms with Crippen LogP contribution < -0.4 is 0 Å². The molecule has 0 N–H and O–H groups in total. The van der Waals surface area contributed by atoms with Crippen LogP contribution >= 0.6 is 0 Å². The topological polar surface area (TPSA) is 53.3 Å². The standard InChI is InChI=1S/C27H32N2O2/c1-31-26(30)13-14-27(15-17-29(18-16-27)25-7-2-3-8-25)24-11-9-22(10-12-24)23-6-4-5-21(19-23)20-28/h4-6,9-12,19,25H,2-3,7-8,13-18H2,1H3. The Morgan fingerprint density at radius 1 is 1.10 bits per heavy atom. The lowest BCUT2D eigenvalue weighted by atomic mass is 9.69. The Hall–Kier alpha value is -2.64. The molecule has 0 spiro atoms. The summed E-state index contributed by atoms with van der Waals surface area (Å²) in [6.45, 7) is 2.22. The molecule has 0 aromatic heterocycles. The second-order valence-corrected chi connectivity index (χ2v) is 9.10. The van der Waals surface area contributed by atoms with E-state index in [1.807, 2.05) is 24.3 Å². The molecule has 4 heteroatoms. The number of ether oxygens (including phenoxy) is 1. The molecule has 31 heavy (non-hydrogen) atoms. The molecule has 2 fully saturated rings. The van der Waals surface area contributed by atoms with E-state index in [0.717, 1.165) is 49.5 Å². The number of nitrogens with zero attached hydrogens (tertiary/aromatic N) is 2. The van der Waals surface area contributed by atoms with Crippen molar-refractivity contribution in [2.75, 3.05) is 20.2 Å². The number of nitriles is 1. The number of benzene rings is 2. The van der Waals surface area contributed by atoms with Crippen LogP contribution in [0.1, 0.15) is 62.5 Å². The molecule has 1 saturated heterocycles. The van der Waals surface area contributed by atoms with Gasteiger partial charge in [-0.3, -0.25) is 4.79 Å². The first-order valence-corrected chi connectivity index (χ1v) is 11.6. The summed E-state index contributed by atoms with van der Waals surface area (Å²) in [4.78, 5) is 14.6. The molecule has 4 rings (SSSR count). The maximum atomic E-state index is 11.9. The smallest absolute Gasteiger partial charge is 0.305 e. The summed E-state index contributed by atoms with van der Waals surface area (Å²) >= 11 is 0. The zero-order valence-electron chi connectivity index (χ0n) is 18.5. The number of methoxy groups -OCH3 is 1. The molecule has 1 aliphatic heterocycles. The highest BCUT2D eigenvalue weighted by Crippen LogP contribution is 2.42. The van der Waals surface area contributed by atoms with Crippen LogP contribution in [-0.4, -0.2) is 37.1 Å². The van der Waals surface area contributed by atoms with E-state index in [2.05, 4.69) is 35.2 Å². The minimum Gasteiger partial charge on any atom is -0.469 e. The summed E-state index contributed by atoms with van der Waals surface area (Å²) in [5.41, 5.74) is 4.20. The third-order valence-electron chi connectivity index (χ3n) is 7.45. The van der Waals surface area contributed by atoms with Gasteiger partial charge in [-0.15, -0.1) is 0 Å². The molecule has 1 saturated carbocycles. The van der Waals surface area contributed by atoms with Gasteiger partial charge in [0.1, 0.15) is 0 Å². The first kappa shape index (κ1) is 21.6. The first-order chi connectivity index (χ1) is 15.1. The van der Waals surface area contributed by atoms with Gasteiger partial charge in [0.05, 0.1) is 18.7 Å². The molecule has 4 nitrogen and oxygen atoms in total. The van der Waals surface area contributed by atoms with Crippen molar-refractivity contribution in [2.24, 2.45) is 0 Å². The van der Waals surface area contributed by atoms with Gasteiger partial charge in [-0.05, 0) is 79.4 Å². The van der Waals surface area contributed by atoms with Gasteiger partial charge >= 0.3 is 5.97 Å². The van der Waals surface area contributed by atoms with Crippen molar-refractivity contribution < 1.29 is 9.53 Å². The average molecular weight is 417 g/mol. The second-order valence-electron chi connectivity index (χ2n) is 9.10. The number of hydrogen-bond acceptors (Lipinski definition) is 4. The predicted molar refractivity (Wildman–Crippen MR) is 123 cm³/mol. The average Bonchev–Trinajstić information content (AvgIpc) is 3.38. The van der Waals surface area contributed by atoms with E-state index in [4.69, 9.17) is 4.74 Å². The zero-order chi connectivity index (χ0) is 21.7. The molecule has 2 aromatic rings. The third kappa shape index (κ3) is 4.83. The molecule has 0 bridgehead atoms. The Labute approximate surface area is 185 Å². The third-order valence-corrected chi connectivity index (χ3v) is 7.45. The van der Waals surface area contributed by atoms with E-state index < -0.39 is 0 Å². The normalized spacial score (nSPS) is 19.1. The fourth-order valence-electron chi connectivity index (χ4n) is 5.50. The van der Waals surface area contributed by atoms with E-state index in [-0.39, 0.29) is 11.4 Å². The van der Waals surface area contributed by atoms with Crippen molar-refractivity contribution in [1.82, 2.24) is 4.90 Å². The van der Waals surface area contributed by atoms with Gasteiger partial charge in [-0.25, -0.2) is 0 Å². The summed E-state index contributed by atoms with van der Waals surface area (Å²) in [7, 11) is 1.47. The Kier molecular flexibility index (Phi) is 6.73. The Morgan fingerprint density at radius 3 is 2.45 bits per heavy atom. The van der Waals surface area contributed by atoms with Gasteiger partial charge in [0.25, 0.3) is 0 Å². The lowest BCUT2D eigenvalue weighted by Crippen LogP contribution is -2.46. The number of carbonyl (C=O) groups is 1. The van der Waals surface area contributed by atoms with Crippen LogP contribution in [0, 0.1) is 11.3 Å². The van der Waals surface area contributed by atoms with Crippen LogP contribution in [0.5, 0.6) is 0 Å². The summed E-state index contributed by atoms with van der Waals surface area (Å²) in [6.07, 6.45) is 8.88. The molecular formula is C27H32N2O2. The minimum absolute atomic E-state index is 0.0241. The summed E-state index contributed by atoms with van der Waals surface area (Å²) in [5.74, 6) is -0.123. The monoisotopic (exact) mass is 416 g/mol. The van der Waals surface area contributed by atoms with Crippen LogP contribution in [0.15, 0.2) is 48.5 Å². The predicted octanol–water partition coefficient (Wildman–Crippen LogP) is 5.45. The number of carbonyl (C=O) groups excluding carboxylic acids is 1. The summed E-state index contributed by atoms with van der Waals surface area (Å²) in [5, 5.41) is 9.19. The maximum absolute atomic E-state index is 11.9. The maximum Gasteiger partial charge on any atom is 0.305 e. The first-order valence-electron chi connectivity index (χ1n) is 11.6. The molecular weight excluding hydrogens is 384 g/mol. The number of likely N-dealkylation sites (tertiary alicyclic amines) is 1. The van der Waals surface area contributed by atoms with E-state index in [1.54, 1.807) is 0 Å². The minimum atomic E-state index is -0.123. The van der Waals surface area contributed by atoms with E-state index in [9.17, 15) is 10.1 Å². The van der Waals surface area contributed by atoms with Crippen molar-refractivity contribution in [2.45, 2.75) is 62.8 Å². The van der Waals surface area contributed by atoms with Crippen LogP contribution in [0.25, 0.3) is 11.1 Å². The lowest BCUT2D eigenvalue weighted by Gasteiger charge is -2.44. The van der Waals surface area contributed by atoms with Crippen molar-refractivity contribution in [3.8, 4) is 17.2 Å². The highest BCUT2D eigenvalue weighted by molar-refractivity contribution is 5.69. The van der Waals surface area contributed by atoms with E-state index in [1.165, 1.54) is 38.4 Å². The summed E-state index contributed by atoms with van der Waals surface area (Å²) < 4.78 is 4.95. The molecule has 2 aromatic carbocycles. The largest absolute Gasteiger partial charge is 0.469 e. The zero-order valence-corrected chi connectivity index (χ0v) is 18.5. The lowest BCUT2D eigenvalue weighted by molar-refractivity contribution is -0.141. The molecule has 0 radical (unpaired) electrons. The van der Waals surface area contributed by atoms with Crippen LogP contribution in [-0.2, 0) is 14.9 Å². The Bertz CT molecular complexity index is 930. The molecule has 0 unspecified atom stereocenters. The number of hydrogen-bond donors (Lipinski definition) is 0. The van der Waals surface area contributed by atoms with Gasteiger partial charge in [-0.1, -0.05) is 49.2 Å². The van der Waals surface area contributed by atoms with Crippen molar-refractivity contribution in [1.29, 1.82) is 5.26 Å².